The van der Waals surface area contributed by atoms with E-state index in [0.717, 1.165) is 0 Å². The van der Waals surface area contributed by atoms with Crippen LogP contribution >= 0.6 is 35.6 Å². The second-order valence-corrected chi connectivity index (χ2v) is 9.53. The van der Waals surface area contributed by atoms with Crippen molar-refractivity contribution >= 4 is 69.2 Å². The van der Waals surface area contributed by atoms with Crippen LogP contribution in [0.4, 0.5) is 11.4 Å². The Morgan fingerprint density at radius 3 is 2.44 bits per heavy atom. The van der Waals surface area contributed by atoms with Crippen molar-refractivity contribution in [2.24, 2.45) is 0 Å². The minimum atomic E-state index is -0.297. The molecular weight excluding hydrogens is 520 g/mol. The lowest BCUT2D eigenvalue weighted by atomic mass is 10.1. The van der Waals surface area contributed by atoms with Gasteiger partial charge in [0.05, 0.1) is 29.8 Å². The Hall–Kier alpha value is -3.53. The van der Waals surface area contributed by atoms with E-state index in [9.17, 15) is 9.59 Å². The standard InChI is InChI=1S/C26H21ClN2O5S2/c1-32-20-11-9-18(14-19(20)27)29-25(31)23(36-26(29)35)13-16-8-10-21(22(12-16)33-2)34-15-24(30)28-17-6-4-3-5-7-17/h3-14H,15H2,1-2H3,(H,28,30)/b23-13+. The SMILES string of the molecule is COc1ccc(N2C(=O)/C(=C\c3ccc(OCC(=O)Nc4ccccc4)c(OC)c3)SC2=S)cc1Cl. The van der Waals surface area contributed by atoms with Gasteiger partial charge in [0.15, 0.2) is 22.4 Å². The molecule has 0 saturated carbocycles. The normalized spacial score (nSPS) is 14.2. The number of anilines is 2. The molecule has 0 aromatic heterocycles. The molecule has 1 heterocycles. The summed E-state index contributed by atoms with van der Waals surface area (Å²) in [6.07, 6.45) is 1.72. The lowest BCUT2D eigenvalue weighted by molar-refractivity contribution is -0.118. The highest BCUT2D eigenvalue weighted by Gasteiger charge is 2.33. The number of rotatable bonds is 8. The van der Waals surface area contributed by atoms with Crippen LogP contribution in [-0.4, -0.2) is 37.0 Å². The van der Waals surface area contributed by atoms with Crippen LogP contribution in [0.15, 0.2) is 71.6 Å². The third-order valence-corrected chi connectivity index (χ3v) is 6.69. The first-order valence-corrected chi connectivity index (χ1v) is 12.3. The van der Waals surface area contributed by atoms with Crippen molar-refractivity contribution < 1.29 is 23.8 Å². The Balaban J connectivity index is 1.47. The molecule has 0 radical (unpaired) electrons. The van der Waals surface area contributed by atoms with Crippen molar-refractivity contribution in [2.45, 2.75) is 0 Å². The minimum Gasteiger partial charge on any atom is -0.495 e. The van der Waals surface area contributed by atoms with Gasteiger partial charge in [-0.1, -0.05) is 59.8 Å². The lowest BCUT2D eigenvalue weighted by Crippen LogP contribution is -2.27. The fourth-order valence-electron chi connectivity index (χ4n) is 3.39. The quantitative estimate of drug-likeness (QED) is 0.286. The van der Waals surface area contributed by atoms with Crippen molar-refractivity contribution in [3.05, 3.63) is 82.2 Å². The van der Waals surface area contributed by atoms with Crippen molar-refractivity contribution in [1.29, 1.82) is 0 Å². The summed E-state index contributed by atoms with van der Waals surface area (Å²) in [4.78, 5) is 27.2. The van der Waals surface area contributed by atoms with Crippen molar-refractivity contribution in [3.8, 4) is 17.2 Å². The predicted molar refractivity (Wildman–Crippen MR) is 147 cm³/mol. The summed E-state index contributed by atoms with van der Waals surface area (Å²) in [5.41, 5.74) is 1.95. The minimum absolute atomic E-state index is 0.187. The van der Waals surface area contributed by atoms with E-state index in [1.54, 1.807) is 54.6 Å². The van der Waals surface area contributed by atoms with Crippen LogP contribution < -0.4 is 24.4 Å². The molecule has 184 valence electrons. The fraction of sp³-hybridized carbons (Fsp3) is 0.115. The second-order valence-electron chi connectivity index (χ2n) is 7.45. The number of para-hydroxylation sites is 1. The van der Waals surface area contributed by atoms with E-state index in [4.69, 9.17) is 38.0 Å². The maximum Gasteiger partial charge on any atom is 0.270 e. The number of nitrogens with one attached hydrogen (secondary N) is 1. The first kappa shape index (κ1) is 25.6. The Morgan fingerprint density at radius 1 is 1.03 bits per heavy atom. The first-order chi connectivity index (χ1) is 17.4. The largest absolute Gasteiger partial charge is 0.495 e. The Labute approximate surface area is 223 Å². The number of thiocarbonyl (C=S) groups is 1. The number of ether oxygens (including phenoxy) is 3. The number of carbonyl (C=O) groups excluding carboxylic acids is 2. The zero-order valence-electron chi connectivity index (χ0n) is 19.3. The number of nitrogens with zero attached hydrogens (tertiary/aromatic N) is 1. The molecule has 1 fully saturated rings. The predicted octanol–water partition coefficient (Wildman–Crippen LogP) is 5.78. The number of thioether (sulfide) groups is 1. The van der Waals surface area contributed by atoms with Crippen LogP contribution in [0.25, 0.3) is 6.08 Å². The monoisotopic (exact) mass is 540 g/mol. The zero-order valence-corrected chi connectivity index (χ0v) is 21.7. The molecule has 2 amide bonds. The number of amides is 2. The maximum atomic E-state index is 13.1. The van der Waals surface area contributed by atoms with E-state index in [-0.39, 0.29) is 18.4 Å². The van der Waals surface area contributed by atoms with Crippen molar-refractivity contribution in [1.82, 2.24) is 0 Å². The summed E-state index contributed by atoms with van der Waals surface area (Å²) in [5.74, 6) is 0.776. The highest BCUT2D eigenvalue weighted by atomic mass is 35.5. The van der Waals surface area contributed by atoms with Crippen LogP contribution in [0.3, 0.4) is 0 Å². The van der Waals surface area contributed by atoms with Crippen molar-refractivity contribution in [2.75, 3.05) is 31.0 Å². The van der Waals surface area contributed by atoms with Gasteiger partial charge >= 0.3 is 0 Å². The Kier molecular flexibility index (Phi) is 8.14. The molecule has 36 heavy (non-hydrogen) atoms. The van der Waals surface area contributed by atoms with Crippen LogP contribution in [-0.2, 0) is 9.59 Å². The van der Waals surface area contributed by atoms with Gasteiger partial charge in [-0.3, -0.25) is 14.5 Å². The third-order valence-electron chi connectivity index (χ3n) is 5.09. The smallest absolute Gasteiger partial charge is 0.270 e. The number of benzene rings is 3. The summed E-state index contributed by atoms with van der Waals surface area (Å²) >= 11 is 12.9. The van der Waals surface area contributed by atoms with Crippen LogP contribution in [0, 0.1) is 0 Å². The number of hydrogen-bond donors (Lipinski definition) is 1. The summed E-state index contributed by atoms with van der Waals surface area (Å²) < 4.78 is 16.7. The molecule has 0 atom stereocenters. The van der Waals surface area contributed by atoms with Gasteiger partial charge in [0.1, 0.15) is 5.75 Å². The molecule has 0 spiro atoms. The third kappa shape index (κ3) is 5.81. The molecular formula is C26H21ClN2O5S2. The number of hydrogen-bond acceptors (Lipinski definition) is 7. The number of carbonyl (C=O) groups is 2. The van der Waals surface area contributed by atoms with Crippen molar-refractivity contribution in [3.63, 3.8) is 0 Å². The van der Waals surface area contributed by atoms with Gasteiger partial charge in [-0.05, 0) is 54.1 Å². The van der Waals surface area contributed by atoms with Gasteiger partial charge in [0.25, 0.3) is 11.8 Å². The Morgan fingerprint density at radius 2 is 1.75 bits per heavy atom. The van der Waals surface area contributed by atoms with Crippen LogP contribution in [0.5, 0.6) is 17.2 Å². The van der Waals surface area contributed by atoms with E-state index in [2.05, 4.69) is 5.32 Å². The molecule has 0 aliphatic carbocycles. The van der Waals surface area contributed by atoms with E-state index in [0.29, 0.717) is 48.4 Å². The first-order valence-electron chi connectivity index (χ1n) is 10.7. The average Bonchev–Trinajstić information content (AvgIpc) is 3.15. The molecule has 0 bridgehead atoms. The molecule has 4 rings (SSSR count). The van der Waals surface area contributed by atoms with E-state index in [1.807, 2.05) is 18.2 Å². The van der Waals surface area contributed by atoms with Gasteiger partial charge in [0, 0.05) is 5.69 Å². The van der Waals surface area contributed by atoms with E-state index < -0.39 is 0 Å². The number of methoxy groups -OCH3 is 2. The highest BCUT2D eigenvalue weighted by Crippen LogP contribution is 2.39. The summed E-state index contributed by atoms with van der Waals surface area (Å²) in [6.45, 7) is -0.187. The van der Waals surface area contributed by atoms with Gasteiger partial charge in [-0.25, -0.2) is 0 Å². The van der Waals surface area contributed by atoms with Gasteiger partial charge < -0.3 is 19.5 Å². The maximum absolute atomic E-state index is 13.1. The topological polar surface area (TPSA) is 77.1 Å². The average molecular weight is 541 g/mol. The Bertz CT molecular complexity index is 1350. The fourth-order valence-corrected chi connectivity index (χ4v) is 4.94. The van der Waals surface area contributed by atoms with Gasteiger partial charge in [-0.2, -0.15) is 0 Å². The molecule has 1 aliphatic rings. The molecule has 0 unspecified atom stereocenters. The molecule has 1 saturated heterocycles. The van der Waals surface area contributed by atoms with Crippen LogP contribution in [0.1, 0.15) is 5.56 Å². The molecule has 1 N–H and O–H groups in total. The zero-order chi connectivity index (χ0) is 25.7. The van der Waals surface area contributed by atoms with Crippen LogP contribution in [0.2, 0.25) is 5.02 Å². The lowest BCUT2D eigenvalue weighted by Gasteiger charge is -2.15. The van der Waals surface area contributed by atoms with E-state index >= 15 is 0 Å². The molecule has 1 aliphatic heterocycles. The van der Waals surface area contributed by atoms with Gasteiger partial charge in [-0.15, -0.1) is 0 Å². The molecule has 10 heteroatoms. The molecule has 3 aromatic rings. The molecule has 3 aromatic carbocycles. The summed E-state index contributed by atoms with van der Waals surface area (Å²) in [5, 5.41) is 3.14. The van der Waals surface area contributed by atoms with Gasteiger partial charge in [0.2, 0.25) is 0 Å². The summed E-state index contributed by atoms with van der Waals surface area (Å²) in [6, 6.07) is 19.3. The highest BCUT2D eigenvalue weighted by molar-refractivity contribution is 8.27. The van der Waals surface area contributed by atoms with E-state index in [1.165, 1.54) is 30.9 Å². The number of halogens is 1. The molecule has 7 nitrogen and oxygen atoms in total. The summed E-state index contributed by atoms with van der Waals surface area (Å²) in [7, 11) is 3.02. The second kappa shape index (κ2) is 11.5.